The molecule has 0 N–H and O–H groups in total. The number of halogens is 1. The van der Waals surface area contributed by atoms with Crippen molar-refractivity contribution < 1.29 is 19.0 Å². The molecule has 0 atom stereocenters. The highest BCUT2D eigenvalue weighted by Gasteiger charge is 2.23. The number of carbonyl (C=O) groups is 1. The van der Waals surface area contributed by atoms with Crippen molar-refractivity contribution in [1.29, 1.82) is 0 Å². The summed E-state index contributed by atoms with van der Waals surface area (Å²) in [6.45, 7) is 11.3. The van der Waals surface area contributed by atoms with Gasteiger partial charge < -0.3 is 14.2 Å². The van der Waals surface area contributed by atoms with E-state index in [0.717, 1.165) is 10.8 Å². The van der Waals surface area contributed by atoms with E-state index in [2.05, 4.69) is 0 Å². The van der Waals surface area contributed by atoms with Crippen molar-refractivity contribution in [3.05, 3.63) is 29.3 Å². The third kappa shape index (κ3) is 4.79. The highest BCUT2D eigenvalue weighted by atomic mass is 35.5. The van der Waals surface area contributed by atoms with E-state index in [1.54, 1.807) is 19.9 Å². The van der Waals surface area contributed by atoms with E-state index in [4.69, 9.17) is 25.8 Å². The zero-order valence-corrected chi connectivity index (χ0v) is 16.3. The van der Waals surface area contributed by atoms with Crippen molar-refractivity contribution in [3.8, 4) is 17.2 Å². The summed E-state index contributed by atoms with van der Waals surface area (Å²) in [6.07, 6.45) is -0.157. The second-order valence-electron chi connectivity index (χ2n) is 6.81. The summed E-state index contributed by atoms with van der Waals surface area (Å²) in [5.41, 5.74) is 0. The molecule has 0 saturated carbocycles. The third-order valence-corrected chi connectivity index (χ3v) is 3.60. The number of rotatable bonds is 6. The highest BCUT2D eigenvalue weighted by Crippen LogP contribution is 2.45. The van der Waals surface area contributed by atoms with Crippen LogP contribution in [0.5, 0.6) is 17.2 Å². The van der Waals surface area contributed by atoms with Gasteiger partial charge >= 0.3 is 5.97 Å². The van der Waals surface area contributed by atoms with E-state index >= 15 is 0 Å². The molecule has 2 aromatic carbocycles. The van der Waals surface area contributed by atoms with Crippen LogP contribution in [0.2, 0.25) is 5.02 Å². The monoisotopic (exact) mass is 364 g/mol. The number of carbonyl (C=O) groups excluding carboxylic acids is 1. The zero-order chi connectivity index (χ0) is 18.7. The number of hydrogen-bond donors (Lipinski definition) is 0. The zero-order valence-electron chi connectivity index (χ0n) is 15.6. The molecule has 0 spiro atoms. The minimum atomic E-state index is -0.327. The normalized spacial score (nSPS) is 11.4. The predicted octanol–water partition coefficient (Wildman–Crippen LogP) is 5.63. The molecule has 0 aliphatic carbocycles. The van der Waals surface area contributed by atoms with Crippen molar-refractivity contribution in [2.75, 3.05) is 0 Å². The third-order valence-electron chi connectivity index (χ3n) is 3.37. The van der Waals surface area contributed by atoms with E-state index in [0.29, 0.717) is 22.3 Å². The van der Waals surface area contributed by atoms with Gasteiger partial charge in [0.25, 0.3) is 0 Å². The molecule has 136 valence electrons. The molecule has 0 heterocycles. The lowest BCUT2D eigenvalue weighted by Crippen LogP contribution is -2.17. The van der Waals surface area contributed by atoms with Gasteiger partial charge in [0.1, 0.15) is 0 Å². The minimum Gasteiger partial charge on any atom is -0.487 e. The Balaban J connectivity index is 2.73. The highest BCUT2D eigenvalue weighted by molar-refractivity contribution is 6.31. The summed E-state index contributed by atoms with van der Waals surface area (Å²) in [5, 5.41) is 2.18. The van der Waals surface area contributed by atoms with Gasteiger partial charge in [-0.1, -0.05) is 25.4 Å². The fraction of sp³-hybridized carbons (Fsp3) is 0.450. The van der Waals surface area contributed by atoms with Gasteiger partial charge in [0, 0.05) is 10.4 Å². The van der Waals surface area contributed by atoms with Crippen LogP contribution in [0.4, 0.5) is 0 Å². The van der Waals surface area contributed by atoms with E-state index in [-0.39, 0.29) is 24.1 Å². The van der Waals surface area contributed by atoms with Crippen LogP contribution in [0.25, 0.3) is 10.8 Å². The first kappa shape index (κ1) is 19.4. The van der Waals surface area contributed by atoms with Gasteiger partial charge in [0.2, 0.25) is 5.75 Å². The molecule has 25 heavy (non-hydrogen) atoms. The first-order valence-corrected chi connectivity index (χ1v) is 8.88. The largest absolute Gasteiger partial charge is 0.487 e. The van der Waals surface area contributed by atoms with Gasteiger partial charge in [-0.15, -0.1) is 0 Å². The van der Waals surface area contributed by atoms with Crippen LogP contribution in [0.15, 0.2) is 24.3 Å². The van der Waals surface area contributed by atoms with Crippen LogP contribution in [-0.2, 0) is 4.79 Å². The summed E-state index contributed by atoms with van der Waals surface area (Å²) in [4.78, 5) is 12.2. The second kappa shape index (κ2) is 7.96. The number of ether oxygens (including phenoxy) is 3. The summed E-state index contributed by atoms with van der Waals surface area (Å²) >= 11 is 6.13. The average molecular weight is 365 g/mol. The van der Waals surface area contributed by atoms with Gasteiger partial charge in [-0.2, -0.15) is 0 Å². The molecule has 0 saturated heterocycles. The Bertz CT molecular complexity index is 766. The Morgan fingerprint density at radius 3 is 2.12 bits per heavy atom. The van der Waals surface area contributed by atoms with Crippen molar-refractivity contribution in [1.82, 2.24) is 0 Å². The van der Waals surface area contributed by atoms with Crippen LogP contribution >= 0.6 is 11.6 Å². The van der Waals surface area contributed by atoms with Crippen LogP contribution in [0.3, 0.4) is 0 Å². The van der Waals surface area contributed by atoms with E-state index < -0.39 is 0 Å². The molecule has 2 rings (SSSR count). The number of fused-ring (bicyclic) bond motifs is 1. The SMILES string of the molecule is CC(C)Oc1cc2cc(Cl)ccc2c(OC(=O)C(C)C)c1OC(C)C. The fourth-order valence-corrected chi connectivity index (χ4v) is 2.49. The number of esters is 1. The second-order valence-corrected chi connectivity index (χ2v) is 7.24. The van der Waals surface area contributed by atoms with E-state index in [1.165, 1.54) is 0 Å². The lowest BCUT2D eigenvalue weighted by molar-refractivity contribution is -0.137. The molecule has 0 bridgehead atoms. The van der Waals surface area contributed by atoms with E-state index in [1.807, 2.05) is 45.9 Å². The molecule has 2 aromatic rings. The van der Waals surface area contributed by atoms with Crippen molar-refractivity contribution in [2.24, 2.45) is 5.92 Å². The van der Waals surface area contributed by atoms with Gasteiger partial charge in [-0.05, 0) is 57.3 Å². The van der Waals surface area contributed by atoms with Gasteiger partial charge in [0.15, 0.2) is 11.5 Å². The first-order chi connectivity index (χ1) is 11.7. The van der Waals surface area contributed by atoms with Crippen molar-refractivity contribution >= 4 is 28.3 Å². The van der Waals surface area contributed by atoms with Crippen LogP contribution in [0.1, 0.15) is 41.5 Å². The Morgan fingerprint density at radius 1 is 0.920 bits per heavy atom. The molecular formula is C20H25ClO4. The Morgan fingerprint density at radius 2 is 1.56 bits per heavy atom. The average Bonchev–Trinajstić information content (AvgIpc) is 2.49. The van der Waals surface area contributed by atoms with Gasteiger partial charge in [-0.25, -0.2) is 0 Å². The Hall–Kier alpha value is -1.94. The Kier molecular flexibility index (Phi) is 6.17. The van der Waals surface area contributed by atoms with Gasteiger partial charge in [-0.3, -0.25) is 4.79 Å². The molecular weight excluding hydrogens is 340 g/mol. The van der Waals surface area contributed by atoms with Gasteiger partial charge in [0.05, 0.1) is 18.1 Å². The summed E-state index contributed by atoms with van der Waals surface area (Å²) in [7, 11) is 0. The predicted molar refractivity (Wildman–Crippen MR) is 101 cm³/mol. The molecule has 0 aromatic heterocycles. The lowest BCUT2D eigenvalue weighted by Gasteiger charge is -2.21. The molecule has 0 radical (unpaired) electrons. The smallest absolute Gasteiger partial charge is 0.313 e. The van der Waals surface area contributed by atoms with Crippen LogP contribution < -0.4 is 14.2 Å². The maximum atomic E-state index is 12.2. The molecule has 0 unspecified atom stereocenters. The van der Waals surface area contributed by atoms with Crippen LogP contribution in [0, 0.1) is 5.92 Å². The first-order valence-electron chi connectivity index (χ1n) is 8.50. The quantitative estimate of drug-likeness (QED) is 0.492. The maximum Gasteiger partial charge on any atom is 0.313 e. The summed E-state index contributed by atoms with van der Waals surface area (Å²) in [6, 6.07) is 7.27. The molecule has 5 heteroatoms. The summed E-state index contributed by atoms with van der Waals surface area (Å²) in [5.74, 6) is 0.755. The number of hydrogen-bond acceptors (Lipinski definition) is 4. The molecule has 4 nitrogen and oxygen atoms in total. The topological polar surface area (TPSA) is 44.8 Å². The lowest BCUT2D eigenvalue weighted by atomic mass is 10.1. The van der Waals surface area contributed by atoms with E-state index in [9.17, 15) is 4.79 Å². The number of benzene rings is 2. The van der Waals surface area contributed by atoms with Crippen molar-refractivity contribution in [2.45, 2.75) is 53.8 Å². The fourth-order valence-electron chi connectivity index (χ4n) is 2.31. The molecule has 0 amide bonds. The minimum absolute atomic E-state index is 0.0557. The van der Waals surface area contributed by atoms with Crippen LogP contribution in [-0.4, -0.2) is 18.2 Å². The molecule has 0 fully saturated rings. The standard InChI is InChI=1S/C20H25ClO4/c1-11(2)20(22)25-18-16-8-7-15(21)9-14(16)10-17(23-12(3)4)19(18)24-13(5)6/h7-13H,1-6H3. The van der Waals surface area contributed by atoms with Crippen molar-refractivity contribution in [3.63, 3.8) is 0 Å². The summed E-state index contributed by atoms with van der Waals surface area (Å²) < 4.78 is 17.6. The molecule has 0 aliphatic heterocycles. The Labute approximate surface area is 154 Å². The maximum absolute atomic E-state index is 12.2. The molecule has 0 aliphatic rings.